The third kappa shape index (κ3) is 4.72. The number of aliphatic hydroxyl groups is 1. The minimum Gasteiger partial charge on any atom is -0.497 e. The lowest BCUT2D eigenvalue weighted by Gasteiger charge is -2.14. The van der Waals surface area contributed by atoms with Crippen molar-refractivity contribution in [3.8, 4) is 5.75 Å². The molecule has 0 unspecified atom stereocenters. The zero-order chi connectivity index (χ0) is 17.5. The van der Waals surface area contributed by atoms with E-state index in [9.17, 15) is 5.11 Å². The van der Waals surface area contributed by atoms with E-state index in [-0.39, 0.29) is 0 Å². The standard InChI is InChI=1S/C21H24N2O2/c1-25-20-11-9-18(10-12-20)21(24)15-22-14-19-8-5-13-23(19)16-17-6-3-2-4-7-17/h2-13,21-22,24H,14-16H2,1H3/t21-/m1/s1. The van der Waals surface area contributed by atoms with Gasteiger partial charge in [0.25, 0.3) is 0 Å². The predicted octanol–water partition coefficient (Wildman–Crippen LogP) is 3.37. The molecule has 0 spiro atoms. The molecule has 0 aliphatic rings. The number of nitrogens with one attached hydrogen (secondary N) is 1. The van der Waals surface area contributed by atoms with E-state index >= 15 is 0 Å². The van der Waals surface area contributed by atoms with Crippen LogP contribution in [0, 0.1) is 0 Å². The number of methoxy groups -OCH3 is 1. The van der Waals surface area contributed by atoms with Crippen molar-refractivity contribution >= 4 is 0 Å². The maximum absolute atomic E-state index is 10.3. The van der Waals surface area contributed by atoms with Gasteiger partial charge < -0.3 is 19.7 Å². The number of ether oxygens (including phenoxy) is 1. The molecule has 2 aromatic carbocycles. The van der Waals surface area contributed by atoms with Crippen LogP contribution in [-0.2, 0) is 13.1 Å². The third-order valence-electron chi connectivity index (χ3n) is 4.26. The monoisotopic (exact) mass is 336 g/mol. The van der Waals surface area contributed by atoms with Crippen LogP contribution in [-0.4, -0.2) is 23.3 Å². The van der Waals surface area contributed by atoms with E-state index in [0.717, 1.165) is 17.9 Å². The SMILES string of the molecule is COc1ccc([C@H](O)CNCc2cccn2Cc2ccccc2)cc1. The molecule has 1 atom stereocenters. The van der Waals surface area contributed by atoms with Gasteiger partial charge in [-0.3, -0.25) is 0 Å². The first-order valence-corrected chi connectivity index (χ1v) is 8.47. The molecule has 0 aliphatic heterocycles. The van der Waals surface area contributed by atoms with Crippen molar-refractivity contribution in [1.29, 1.82) is 0 Å². The van der Waals surface area contributed by atoms with E-state index < -0.39 is 6.10 Å². The summed E-state index contributed by atoms with van der Waals surface area (Å²) in [5.74, 6) is 0.794. The lowest BCUT2D eigenvalue weighted by molar-refractivity contribution is 0.174. The Hall–Kier alpha value is -2.56. The van der Waals surface area contributed by atoms with Gasteiger partial charge >= 0.3 is 0 Å². The zero-order valence-electron chi connectivity index (χ0n) is 14.4. The van der Waals surface area contributed by atoms with Gasteiger partial charge in [-0.2, -0.15) is 0 Å². The van der Waals surface area contributed by atoms with E-state index in [1.165, 1.54) is 11.3 Å². The van der Waals surface area contributed by atoms with Crippen molar-refractivity contribution in [2.24, 2.45) is 0 Å². The Morgan fingerprint density at radius 3 is 2.48 bits per heavy atom. The molecule has 4 nitrogen and oxygen atoms in total. The van der Waals surface area contributed by atoms with Crippen LogP contribution in [0.15, 0.2) is 72.9 Å². The first-order chi connectivity index (χ1) is 12.3. The van der Waals surface area contributed by atoms with Crippen LogP contribution in [0.25, 0.3) is 0 Å². The first kappa shape index (κ1) is 17.3. The van der Waals surface area contributed by atoms with E-state index in [2.05, 4.69) is 52.5 Å². The Bertz CT molecular complexity index is 766. The number of aliphatic hydroxyl groups excluding tert-OH is 1. The van der Waals surface area contributed by atoms with E-state index in [1.54, 1.807) is 7.11 Å². The Labute approximate surface area is 148 Å². The summed E-state index contributed by atoms with van der Waals surface area (Å²) in [5, 5.41) is 13.6. The lowest BCUT2D eigenvalue weighted by Crippen LogP contribution is -2.22. The lowest BCUT2D eigenvalue weighted by atomic mass is 10.1. The van der Waals surface area contributed by atoms with Crippen molar-refractivity contribution in [2.75, 3.05) is 13.7 Å². The summed E-state index contributed by atoms with van der Waals surface area (Å²) in [6.45, 7) is 2.07. The summed E-state index contributed by atoms with van der Waals surface area (Å²) in [5.41, 5.74) is 3.36. The summed E-state index contributed by atoms with van der Waals surface area (Å²) in [4.78, 5) is 0. The molecule has 1 aromatic heterocycles. The predicted molar refractivity (Wildman–Crippen MR) is 99.6 cm³/mol. The highest BCUT2D eigenvalue weighted by Crippen LogP contribution is 2.17. The van der Waals surface area contributed by atoms with Crippen LogP contribution in [0.4, 0.5) is 0 Å². The fraction of sp³-hybridized carbons (Fsp3) is 0.238. The quantitative estimate of drug-likeness (QED) is 0.663. The fourth-order valence-corrected chi connectivity index (χ4v) is 2.83. The van der Waals surface area contributed by atoms with Gasteiger partial charge in [0, 0.05) is 31.5 Å². The molecule has 4 heteroatoms. The summed E-state index contributed by atoms with van der Waals surface area (Å²) in [7, 11) is 1.64. The van der Waals surface area contributed by atoms with Crippen LogP contribution in [0.1, 0.15) is 22.9 Å². The summed E-state index contributed by atoms with van der Waals surface area (Å²) in [6, 6.07) is 22.1. The highest BCUT2D eigenvalue weighted by Gasteiger charge is 2.08. The molecule has 2 N–H and O–H groups in total. The summed E-state index contributed by atoms with van der Waals surface area (Å²) >= 11 is 0. The average molecular weight is 336 g/mol. The Morgan fingerprint density at radius 1 is 1.00 bits per heavy atom. The molecule has 0 radical (unpaired) electrons. The molecule has 0 saturated carbocycles. The summed E-state index contributed by atoms with van der Waals surface area (Å²) < 4.78 is 7.37. The van der Waals surface area contributed by atoms with Crippen molar-refractivity contribution < 1.29 is 9.84 Å². The van der Waals surface area contributed by atoms with Gasteiger partial charge in [-0.25, -0.2) is 0 Å². The highest BCUT2D eigenvalue weighted by atomic mass is 16.5. The Balaban J connectivity index is 1.53. The van der Waals surface area contributed by atoms with Gasteiger partial charge in [0.1, 0.15) is 5.75 Å². The van der Waals surface area contributed by atoms with Crippen molar-refractivity contribution in [2.45, 2.75) is 19.2 Å². The molecule has 0 fully saturated rings. The van der Waals surface area contributed by atoms with Crippen molar-refractivity contribution in [3.05, 3.63) is 89.7 Å². The van der Waals surface area contributed by atoms with Crippen LogP contribution in [0.5, 0.6) is 5.75 Å². The molecule has 3 rings (SSSR count). The molecule has 1 heterocycles. The second-order valence-corrected chi connectivity index (χ2v) is 6.03. The van der Waals surface area contributed by atoms with Crippen molar-refractivity contribution in [1.82, 2.24) is 9.88 Å². The zero-order valence-corrected chi connectivity index (χ0v) is 14.4. The van der Waals surface area contributed by atoms with Crippen LogP contribution in [0.2, 0.25) is 0 Å². The van der Waals surface area contributed by atoms with Crippen molar-refractivity contribution in [3.63, 3.8) is 0 Å². The third-order valence-corrected chi connectivity index (χ3v) is 4.26. The van der Waals surface area contributed by atoms with E-state index in [4.69, 9.17) is 4.74 Å². The largest absolute Gasteiger partial charge is 0.497 e. The molecule has 25 heavy (non-hydrogen) atoms. The highest BCUT2D eigenvalue weighted by molar-refractivity contribution is 5.28. The Morgan fingerprint density at radius 2 is 1.76 bits per heavy atom. The number of benzene rings is 2. The van der Waals surface area contributed by atoms with E-state index in [1.807, 2.05) is 30.3 Å². The molecule has 0 saturated heterocycles. The maximum Gasteiger partial charge on any atom is 0.118 e. The molecule has 0 aliphatic carbocycles. The maximum atomic E-state index is 10.3. The molecular formula is C21H24N2O2. The van der Waals surface area contributed by atoms with Crippen LogP contribution < -0.4 is 10.1 Å². The van der Waals surface area contributed by atoms with Gasteiger partial charge in [-0.05, 0) is 35.4 Å². The van der Waals surface area contributed by atoms with Crippen LogP contribution in [0.3, 0.4) is 0 Å². The van der Waals surface area contributed by atoms with Gasteiger partial charge in [-0.15, -0.1) is 0 Å². The molecule has 3 aromatic rings. The normalized spacial score (nSPS) is 12.1. The van der Waals surface area contributed by atoms with Gasteiger partial charge in [0.15, 0.2) is 0 Å². The average Bonchev–Trinajstić information content (AvgIpc) is 3.09. The van der Waals surface area contributed by atoms with Gasteiger partial charge in [0.2, 0.25) is 0 Å². The van der Waals surface area contributed by atoms with Gasteiger partial charge in [-0.1, -0.05) is 42.5 Å². The first-order valence-electron chi connectivity index (χ1n) is 8.47. The second-order valence-electron chi connectivity index (χ2n) is 6.03. The minimum atomic E-state index is -0.538. The number of nitrogens with zero attached hydrogens (tertiary/aromatic N) is 1. The molecule has 0 bridgehead atoms. The van der Waals surface area contributed by atoms with Gasteiger partial charge in [0.05, 0.1) is 13.2 Å². The second kappa shape index (κ2) is 8.51. The van der Waals surface area contributed by atoms with E-state index in [0.29, 0.717) is 13.1 Å². The number of hydrogen-bond acceptors (Lipinski definition) is 3. The number of rotatable bonds is 8. The molecule has 130 valence electrons. The molecular weight excluding hydrogens is 312 g/mol. The Kier molecular flexibility index (Phi) is 5.88. The number of aromatic nitrogens is 1. The minimum absolute atomic E-state index is 0.503. The fourth-order valence-electron chi connectivity index (χ4n) is 2.83. The topological polar surface area (TPSA) is 46.4 Å². The summed E-state index contributed by atoms with van der Waals surface area (Å²) in [6.07, 6.45) is 1.55. The smallest absolute Gasteiger partial charge is 0.118 e. The number of hydrogen-bond donors (Lipinski definition) is 2. The van der Waals surface area contributed by atoms with Crippen LogP contribution >= 0.6 is 0 Å². The molecule has 0 amide bonds.